The molecule has 0 aliphatic carbocycles. The van der Waals surface area contributed by atoms with Crippen LogP contribution in [0.2, 0.25) is 0 Å². The third-order valence-corrected chi connectivity index (χ3v) is 3.67. The van der Waals surface area contributed by atoms with Crippen molar-refractivity contribution in [2.45, 2.75) is 12.2 Å². The summed E-state index contributed by atoms with van der Waals surface area (Å²) in [6.07, 6.45) is 0. The van der Waals surface area contributed by atoms with Crippen molar-refractivity contribution in [3.05, 3.63) is 22.5 Å². The molecule has 1 unspecified atom stereocenters. The van der Waals surface area contributed by atoms with Gasteiger partial charge in [0.15, 0.2) is 5.82 Å². The van der Waals surface area contributed by atoms with Crippen LogP contribution in [0.5, 0.6) is 0 Å². The Morgan fingerprint density at radius 1 is 1.50 bits per heavy atom. The van der Waals surface area contributed by atoms with E-state index in [2.05, 4.69) is 20.2 Å². The fraction of sp³-hybridized carbons (Fsp3) is 0.500. The summed E-state index contributed by atoms with van der Waals surface area (Å²) in [5.74, 6) is 0.0996. The lowest BCUT2D eigenvalue weighted by Crippen LogP contribution is -2.33. The van der Waals surface area contributed by atoms with Crippen LogP contribution in [0.1, 0.15) is 6.92 Å². The summed E-state index contributed by atoms with van der Waals surface area (Å²) in [5.41, 5.74) is -0.383. The molecule has 0 saturated heterocycles. The minimum Gasteiger partial charge on any atom is -0.318 e. The van der Waals surface area contributed by atoms with Crippen molar-refractivity contribution in [1.29, 1.82) is 0 Å². The second kappa shape index (κ2) is 5.08. The van der Waals surface area contributed by atoms with Crippen LogP contribution in [0.25, 0.3) is 0 Å². The van der Waals surface area contributed by atoms with Crippen molar-refractivity contribution in [3.63, 3.8) is 0 Å². The quantitative estimate of drug-likeness (QED) is 0.626. The van der Waals surface area contributed by atoms with Crippen LogP contribution in [0.4, 0.5) is 5.82 Å². The molecule has 16 heavy (non-hydrogen) atoms. The van der Waals surface area contributed by atoms with Crippen molar-refractivity contribution >= 4 is 15.8 Å². The van der Waals surface area contributed by atoms with Gasteiger partial charge in [0.05, 0.1) is 5.25 Å². The zero-order valence-electron chi connectivity index (χ0n) is 9.02. The molecule has 1 rings (SSSR count). The minimum atomic E-state index is -3.49. The highest BCUT2D eigenvalue weighted by atomic mass is 32.2. The lowest BCUT2D eigenvalue weighted by atomic mass is 10.5. The summed E-state index contributed by atoms with van der Waals surface area (Å²) in [6.45, 7) is 1.91. The molecule has 0 aromatic carbocycles. The number of H-pyrrole nitrogens is 1. The first kappa shape index (κ1) is 12.7. The van der Waals surface area contributed by atoms with E-state index in [-0.39, 0.29) is 11.4 Å². The van der Waals surface area contributed by atoms with Gasteiger partial charge in [-0.2, -0.15) is 5.10 Å². The van der Waals surface area contributed by atoms with Gasteiger partial charge in [-0.05, 0) is 20.0 Å². The van der Waals surface area contributed by atoms with E-state index < -0.39 is 15.3 Å². The molecular weight excluding hydrogens is 232 g/mol. The molecule has 1 aromatic heterocycles. The summed E-state index contributed by atoms with van der Waals surface area (Å²) >= 11 is 0. The van der Waals surface area contributed by atoms with Crippen molar-refractivity contribution < 1.29 is 8.42 Å². The van der Waals surface area contributed by atoms with E-state index in [9.17, 15) is 13.2 Å². The van der Waals surface area contributed by atoms with E-state index >= 15 is 0 Å². The van der Waals surface area contributed by atoms with Crippen LogP contribution in [0.15, 0.2) is 16.9 Å². The highest BCUT2D eigenvalue weighted by Crippen LogP contribution is 2.05. The predicted molar refractivity (Wildman–Crippen MR) is 60.8 cm³/mol. The van der Waals surface area contributed by atoms with Crippen LogP contribution in [0, 0.1) is 0 Å². The number of rotatable bonds is 5. The Hall–Kier alpha value is -1.41. The van der Waals surface area contributed by atoms with Gasteiger partial charge in [0.2, 0.25) is 10.0 Å². The molecule has 0 radical (unpaired) electrons. The Kier molecular flexibility index (Phi) is 4.02. The first-order valence-electron chi connectivity index (χ1n) is 4.67. The molecule has 7 nitrogen and oxygen atoms in total. The van der Waals surface area contributed by atoms with Crippen molar-refractivity contribution in [2.24, 2.45) is 0 Å². The van der Waals surface area contributed by atoms with Crippen molar-refractivity contribution in [1.82, 2.24) is 15.5 Å². The van der Waals surface area contributed by atoms with Crippen LogP contribution in [-0.4, -0.2) is 37.5 Å². The lowest BCUT2D eigenvalue weighted by Gasteiger charge is -2.13. The van der Waals surface area contributed by atoms with Gasteiger partial charge >= 0.3 is 0 Å². The fourth-order valence-corrected chi connectivity index (χ4v) is 2.04. The standard InChI is InChI=1S/C8H14N4O3S/c1-6(5-9-2)16(14,15)12-7-3-4-8(13)11-10-7/h3-4,6,9H,5H2,1-2H3,(H,10,12)(H,11,13). The lowest BCUT2D eigenvalue weighted by molar-refractivity contribution is 0.583. The monoisotopic (exact) mass is 246 g/mol. The molecule has 0 spiro atoms. The van der Waals surface area contributed by atoms with Crippen LogP contribution < -0.4 is 15.6 Å². The Morgan fingerprint density at radius 2 is 2.19 bits per heavy atom. The minimum absolute atomic E-state index is 0.0996. The zero-order chi connectivity index (χ0) is 12.2. The fourth-order valence-electron chi connectivity index (χ4n) is 1.04. The van der Waals surface area contributed by atoms with Gasteiger partial charge < -0.3 is 5.32 Å². The van der Waals surface area contributed by atoms with Crippen LogP contribution >= 0.6 is 0 Å². The van der Waals surface area contributed by atoms with Crippen molar-refractivity contribution in [2.75, 3.05) is 18.3 Å². The average Bonchev–Trinajstić information content (AvgIpc) is 2.21. The molecule has 1 heterocycles. The largest absolute Gasteiger partial charge is 0.318 e. The van der Waals surface area contributed by atoms with Gasteiger partial charge in [-0.1, -0.05) is 0 Å². The number of anilines is 1. The summed E-state index contributed by atoms with van der Waals surface area (Å²) in [5, 5.41) is 7.88. The number of hydrogen-bond acceptors (Lipinski definition) is 5. The van der Waals surface area contributed by atoms with Gasteiger partial charge in [-0.25, -0.2) is 13.5 Å². The number of sulfonamides is 1. The molecule has 90 valence electrons. The van der Waals surface area contributed by atoms with E-state index in [4.69, 9.17) is 0 Å². The Morgan fingerprint density at radius 3 is 2.69 bits per heavy atom. The molecule has 0 aliphatic rings. The smallest absolute Gasteiger partial charge is 0.264 e. The average molecular weight is 246 g/mol. The molecule has 0 aliphatic heterocycles. The maximum atomic E-state index is 11.7. The Balaban J connectivity index is 2.80. The zero-order valence-corrected chi connectivity index (χ0v) is 9.84. The highest BCUT2D eigenvalue weighted by Gasteiger charge is 2.20. The Labute approximate surface area is 93.3 Å². The van der Waals surface area contributed by atoms with E-state index in [0.717, 1.165) is 0 Å². The number of nitrogens with one attached hydrogen (secondary N) is 3. The molecule has 1 aromatic rings. The topological polar surface area (TPSA) is 104 Å². The highest BCUT2D eigenvalue weighted by molar-refractivity contribution is 7.93. The molecule has 3 N–H and O–H groups in total. The van der Waals surface area contributed by atoms with Crippen LogP contribution in [-0.2, 0) is 10.0 Å². The number of aromatic nitrogens is 2. The summed E-state index contributed by atoms with van der Waals surface area (Å²) in [6, 6.07) is 2.51. The molecule has 8 heteroatoms. The summed E-state index contributed by atoms with van der Waals surface area (Å²) in [4.78, 5) is 10.7. The third kappa shape index (κ3) is 3.31. The van der Waals surface area contributed by atoms with E-state index in [1.165, 1.54) is 12.1 Å². The van der Waals surface area contributed by atoms with Gasteiger partial charge in [-0.3, -0.25) is 9.52 Å². The first-order valence-corrected chi connectivity index (χ1v) is 6.22. The maximum Gasteiger partial charge on any atom is 0.264 e. The van der Waals surface area contributed by atoms with Gasteiger partial charge in [0.1, 0.15) is 0 Å². The van der Waals surface area contributed by atoms with Gasteiger partial charge in [0, 0.05) is 12.6 Å². The Bertz CT molecular complexity index is 476. The second-order valence-corrected chi connectivity index (χ2v) is 5.42. The number of nitrogens with zero attached hydrogens (tertiary/aromatic N) is 1. The molecule has 0 bridgehead atoms. The van der Waals surface area contributed by atoms with E-state index in [1.807, 2.05) is 0 Å². The normalized spacial score (nSPS) is 13.4. The number of hydrogen-bond donors (Lipinski definition) is 3. The van der Waals surface area contributed by atoms with Gasteiger partial charge in [-0.15, -0.1) is 0 Å². The molecular formula is C8H14N4O3S. The first-order chi connectivity index (χ1) is 7.45. The predicted octanol–water partition coefficient (Wildman–Crippen LogP) is -0.881. The third-order valence-electron chi connectivity index (χ3n) is 1.95. The van der Waals surface area contributed by atoms with Gasteiger partial charge in [0.25, 0.3) is 5.56 Å². The maximum absolute atomic E-state index is 11.7. The molecule has 0 fully saturated rings. The molecule has 0 amide bonds. The summed E-state index contributed by atoms with van der Waals surface area (Å²) in [7, 11) is -1.81. The van der Waals surface area contributed by atoms with E-state index in [0.29, 0.717) is 6.54 Å². The summed E-state index contributed by atoms with van der Waals surface area (Å²) < 4.78 is 25.7. The van der Waals surface area contributed by atoms with Crippen LogP contribution in [0.3, 0.4) is 0 Å². The molecule has 1 atom stereocenters. The second-order valence-electron chi connectivity index (χ2n) is 3.32. The SMILES string of the molecule is CNCC(C)S(=O)(=O)Nc1ccc(=O)[nH]n1. The van der Waals surface area contributed by atoms with E-state index in [1.54, 1.807) is 14.0 Å². The number of aromatic amines is 1. The van der Waals surface area contributed by atoms with Crippen molar-refractivity contribution in [3.8, 4) is 0 Å². The molecule has 0 saturated carbocycles.